The van der Waals surface area contributed by atoms with E-state index in [-0.39, 0.29) is 0 Å². The Kier molecular flexibility index (Phi) is 5.07. The first-order chi connectivity index (χ1) is 12.3. The van der Waals surface area contributed by atoms with Gasteiger partial charge in [-0.15, -0.1) is 0 Å². The number of piperazine rings is 1. The summed E-state index contributed by atoms with van der Waals surface area (Å²) < 4.78 is 6.04. The SMILES string of the molecule is Clc1ccc2c(c1)C(=CCCN1CCNCC1)c1ccccc1CO2. The van der Waals surface area contributed by atoms with Crippen LogP contribution in [0.15, 0.2) is 48.5 Å². The van der Waals surface area contributed by atoms with Gasteiger partial charge in [0.05, 0.1) is 0 Å². The van der Waals surface area contributed by atoms with Crippen LogP contribution in [0.3, 0.4) is 0 Å². The summed E-state index contributed by atoms with van der Waals surface area (Å²) in [5.41, 5.74) is 4.81. The summed E-state index contributed by atoms with van der Waals surface area (Å²) in [4.78, 5) is 2.52. The molecule has 2 aromatic rings. The van der Waals surface area contributed by atoms with Crippen molar-refractivity contribution in [3.63, 3.8) is 0 Å². The number of nitrogens with zero attached hydrogens (tertiary/aromatic N) is 1. The molecule has 2 aliphatic heterocycles. The van der Waals surface area contributed by atoms with E-state index in [0.29, 0.717) is 6.61 Å². The molecule has 0 unspecified atom stereocenters. The van der Waals surface area contributed by atoms with Gasteiger partial charge in [-0.1, -0.05) is 41.9 Å². The van der Waals surface area contributed by atoms with E-state index in [1.807, 2.05) is 18.2 Å². The van der Waals surface area contributed by atoms with Crippen LogP contribution in [-0.2, 0) is 6.61 Å². The standard InChI is InChI=1S/C21H23ClN2O/c22-17-7-8-21-20(14-17)19(6-3-11-24-12-9-23-10-13-24)18-5-2-1-4-16(18)15-25-21/h1-2,4-8,14,23H,3,9-13,15H2. The Morgan fingerprint density at radius 3 is 2.80 bits per heavy atom. The maximum absolute atomic E-state index is 6.28. The third-order valence-electron chi connectivity index (χ3n) is 4.93. The van der Waals surface area contributed by atoms with Crippen LogP contribution in [0.2, 0.25) is 5.02 Å². The molecule has 0 aromatic heterocycles. The van der Waals surface area contributed by atoms with Crippen molar-refractivity contribution < 1.29 is 4.74 Å². The van der Waals surface area contributed by atoms with Crippen molar-refractivity contribution in [1.82, 2.24) is 10.2 Å². The van der Waals surface area contributed by atoms with E-state index in [2.05, 4.69) is 40.6 Å². The maximum Gasteiger partial charge on any atom is 0.127 e. The number of hydrogen-bond acceptors (Lipinski definition) is 3. The fourth-order valence-electron chi connectivity index (χ4n) is 3.59. The second kappa shape index (κ2) is 7.61. The molecule has 25 heavy (non-hydrogen) atoms. The predicted molar refractivity (Wildman–Crippen MR) is 103 cm³/mol. The van der Waals surface area contributed by atoms with Crippen LogP contribution < -0.4 is 10.1 Å². The Labute approximate surface area is 154 Å². The largest absolute Gasteiger partial charge is 0.488 e. The van der Waals surface area contributed by atoms with Crippen molar-refractivity contribution in [3.05, 3.63) is 70.3 Å². The zero-order chi connectivity index (χ0) is 17.1. The lowest BCUT2D eigenvalue weighted by Gasteiger charge is -2.26. The van der Waals surface area contributed by atoms with Gasteiger partial charge >= 0.3 is 0 Å². The first-order valence-corrected chi connectivity index (χ1v) is 9.33. The van der Waals surface area contributed by atoms with E-state index in [0.717, 1.165) is 55.5 Å². The molecule has 0 bridgehead atoms. The minimum absolute atomic E-state index is 0.597. The first kappa shape index (κ1) is 16.6. The van der Waals surface area contributed by atoms with Crippen LogP contribution in [0.5, 0.6) is 5.75 Å². The van der Waals surface area contributed by atoms with Crippen LogP contribution >= 0.6 is 11.6 Å². The lowest BCUT2D eigenvalue weighted by molar-refractivity contribution is 0.245. The topological polar surface area (TPSA) is 24.5 Å². The summed E-state index contributed by atoms with van der Waals surface area (Å²) in [5, 5.41) is 4.15. The molecule has 0 spiro atoms. The summed E-state index contributed by atoms with van der Waals surface area (Å²) >= 11 is 6.28. The molecule has 1 fully saturated rings. The lowest BCUT2D eigenvalue weighted by Crippen LogP contribution is -2.43. The fourth-order valence-corrected chi connectivity index (χ4v) is 3.77. The van der Waals surface area contributed by atoms with Crippen LogP contribution in [0.1, 0.15) is 23.1 Å². The molecular weight excluding hydrogens is 332 g/mol. The number of halogens is 1. The summed E-state index contributed by atoms with van der Waals surface area (Å²) in [6.45, 7) is 6.12. The molecule has 2 aromatic carbocycles. The predicted octanol–water partition coefficient (Wildman–Crippen LogP) is 3.96. The van der Waals surface area contributed by atoms with Crippen molar-refractivity contribution in [2.45, 2.75) is 13.0 Å². The third kappa shape index (κ3) is 3.74. The monoisotopic (exact) mass is 354 g/mol. The van der Waals surface area contributed by atoms with Crippen molar-refractivity contribution >= 4 is 17.2 Å². The highest BCUT2D eigenvalue weighted by Gasteiger charge is 2.19. The summed E-state index contributed by atoms with van der Waals surface area (Å²) in [5.74, 6) is 0.911. The summed E-state index contributed by atoms with van der Waals surface area (Å²) in [6.07, 6.45) is 3.38. The van der Waals surface area contributed by atoms with Crippen LogP contribution in [0, 0.1) is 0 Å². The second-order valence-electron chi connectivity index (χ2n) is 6.58. The number of nitrogens with one attached hydrogen (secondary N) is 1. The van der Waals surface area contributed by atoms with Gasteiger partial charge in [-0.25, -0.2) is 0 Å². The summed E-state index contributed by atoms with van der Waals surface area (Å²) in [7, 11) is 0. The molecule has 0 atom stereocenters. The smallest absolute Gasteiger partial charge is 0.127 e. The van der Waals surface area contributed by atoms with Gasteiger partial charge in [-0.05, 0) is 41.3 Å². The highest BCUT2D eigenvalue weighted by atomic mass is 35.5. The number of ether oxygens (including phenoxy) is 1. The molecule has 2 heterocycles. The van der Waals surface area contributed by atoms with Crippen molar-refractivity contribution in [1.29, 1.82) is 0 Å². The lowest BCUT2D eigenvalue weighted by atomic mass is 9.93. The van der Waals surface area contributed by atoms with Crippen molar-refractivity contribution in [2.75, 3.05) is 32.7 Å². The Hall–Kier alpha value is -1.81. The third-order valence-corrected chi connectivity index (χ3v) is 5.16. The molecule has 1 N–H and O–H groups in total. The Morgan fingerprint density at radius 1 is 1.08 bits per heavy atom. The molecule has 0 amide bonds. The van der Waals surface area contributed by atoms with Gasteiger partial charge in [0, 0.05) is 43.3 Å². The minimum atomic E-state index is 0.597. The van der Waals surface area contributed by atoms with E-state index < -0.39 is 0 Å². The first-order valence-electron chi connectivity index (χ1n) is 8.95. The number of fused-ring (bicyclic) bond motifs is 2. The second-order valence-corrected chi connectivity index (χ2v) is 7.02. The Balaban J connectivity index is 1.66. The Bertz CT molecular complexity index is 781. The molecule has 3 nitrogen and oxygen atoms in total. The van der Waals surface area contributed by atoms with E-state index in [1.165, 1.54) is 16.7 Å². The van der Waals surface area contributed by atoms with Crippen molar-refractivity contribution in [3.8, 4) is 5.75 Å². The molecule has 0 saturated carbocycles. The van der Waals surface area contributed by atoms with Gasteiger partial charge in [0.1, 0.15) is 12.4 Å². The van der Waals surface area contributed by atoms with Gasteiger partial charge < -0.3 is 15.0 Å². The van der Waals surface area contributed by atoms with E-state index >= 15 is 0 Å². The van der Waals surface area contributed by atoms with E-state index in [4.69, 9.17) is 16.3 Å². The van der Waals surface area contributed by atoms with Crippen LogP contribution in [0.25, 0.3) is 5.57 Å². The molecule has 0 aliphatic carbocycles. The average Bonchev–Trinajstić information content (AvgIpc) is 2.80. The minimum Gasteiger partial charge on any atom is -0.488 e. The van der Waals surface area contributed by atoms with Gasteiger partial charge in [0.25, 0.3) is 0 Å². The van der Waals surface area contributed by atoms with Gasteiger partial charge in [-0.3, -0.25) is 0 Å². The Morgan fingerprint density at radius 2 is 1.92 bits per heavy atom. The summed E-state index contributed by atoms with van der Waals surface area (Å²) in [6, 6.07) is 14.4. The average molecular weight is 355 g/mol. The zero-order valence-electron chi connectivity index (χ0n) is 14.3. The molecular formula is C21H23ClN2O. The normalized spacial score (nSPS) is 19.0. The molecule has 4 heteroatoms. The van der Waals surface area contributed by atoms with E-state index in [9.17, 15) is 0 Å². The molecule has 1 saturated heterocycles. The number of hydrogen-bond donors (Lipinski definition) is 1. The van der Waals surface area contributed by atoms with Crippen LogP contribution in [-0.4, -0.2) is 37.6 Å². The van der Waals surface area contributed by atoms with Gasteiger partial charge in [0.2, 0.25) is 0 Å². The highest BCUT2D eigenvalue weighted by molar-refractivity contribution is 6.30. The molecule has 0 radical (unpaired) electrons. The van der Waals surface area contributed by atoms with Gasteiger partial charge in [0.15, 0.2) is 0 Å². The van der Waals surface area contributed by atoms with Gasteiger partial charge in [-0.2, -0.15) is 0 Å². The fraction of sp³-hybridized carbons (Fsp3) is 0.333. The highest BCUT2D eigenvalue weighted by Crippen LogP contribution is 2.38. The number of rotatable bonds is 3. The zero-order valence-corrected chi connectivity index (χ0v) is 15.1. The van der Waals surface area contributed by atoms with Crippen molar-refractivity contribution in [2.24, 2.45) is 0 Å². The van der Waals surface area contributed by atoms with E-state index in [1.54, 1.807) is 0 Å². The molecule has 130 valence electrons. The molecule has 2 aliphatic rings. The molecule has 4 rings (SSSR count). The number of benzene rings is 2. The maximum atomic E-state index is 6.28. The van der Waals surface area contributed by atoms with Crippen LogP contribution in [0.4, 0.5) is 0 Å². The quantitative estimate of drug-likeness (QED) is 0.903.